The van der Waals surface area contributed by atoms with E-state index in [0.717, 1.165) is 12.2 Å². The van der Waals surface area contributed by atoms with E-state index in [2.05, 4.69) is 46.8 Å². The van der Waals surface area contributed by atoms with Crippen molar-refractivity contribution in [2.24, 2.45) is 5.41 Å². The average Bonchev–Trinajstić information content (AvgIpc) is 2.23. The summed E-state index contributed by atoms with van der Waals surface area (Å²) in [6, 6.07) is 8.21. The van der Waals surface area contributed by atoms with Crippen molar-refractivity contribution >= 4 is 0 Å². The maximum absolute atomic E-state index is 8.71. The monoisotopic (exact) mass is 282 g/mol. The normalized spacial score (nSPS) is 11.3. The second kappa shape index (κ2) is 8.31. The smallest absolute Gasteiger partial charge is 0.119 e. The van der Waals surface area contributed by atoms with Crippen molar-refractivity contribution in [3.05, 3.63) is 29.8 Å². The molecule has 0 saturated carbocycles. The molecular weight excluding hydrogens is 248 g/mol. The minimum absolute atomic E-state index is 0. The third-order valence-corrected chi connectivity index (χ3v) is 2.97. The van der Waals surface area contributed by atoms with Crippen LogP contribution in [0.5, 0.6) is 5.75 Å². The summed E-state index contributed by atoms with van der Waals surface area (Å²) in [6.07, 6.45) is 1.14. The van der Waals surface area contributed by atoms with Crippen molar-refractivity contribution in [2.45, 2.75) is 61.3 Å². The maximum atomic E-state index is 8.71. The zero-order valence-electron chi connectivity index (χ0n) is 12.3. The number of aliphatic hydroxyl groups is 1. The van der Waals surface area contributed by atoms with Gasteiger partial charge in [-0.15, -0.1) is 0 Å². The predicted molar refractivity (Wildman–Crippen MR) is 89.6 cm³/mol. The summed E-state index contributed by atoms with van der Waals surface area (Å²) < 4.78 is 5.37. The quantitative estimate of drug-likeness (QED) is 0.819. The Kier molecular flexibility index (Phi) is 8.84. The Morgan fingerprint density at radius 2 is 1.45 bits per heavy atom. The molecule has 0 amide bonds. The van der Waals surface area contributed by atoms with E-state index in [1.165, 1.54) is 5.56 Å². The second-order valence-corrected chi connectivity index (χ2v) is 6.72. The van der Waals surface area contributed by atoms with Gasteiger partial charge < -0.3 is 9.84 Å². The van der Waals surface area contributed by atoms with Crippen LogP contribution >= 0.6 is 0 Å². The van der Waals surface area contributed by atoms with Gasteiger partial charge in [0.25, 0.3) is 0 Å². The minimum Gasteiger partial charge on any atom is -0.491 e. The van der Waals surface area contributed by atoms with Gasteiger partial charge in [0.2, 0.25) is 0 Å². The third-order valence-electron chi connectivity index (χ3n) is 2.97. The van der Waals surface area contributed by atoms with Crippen molar-refractivity contribution in [1.29, 1.82) is 0 Å². The molecule has 0 atom stereocenters. The molecule has 1 rings (SSSR count). The highest BCUT2D eigenvalue weighted by Crippen LogP contribution is 2.36. The molecule has 2 nitrogen and oxygen atoms in total. The molecule has 0 aromatic heterocycles. The van der Waals surface area contributed by atoms with Crippen LogP contribution in [-0.2, 0) is 5.41 Å². The van der Waals surface area contributed by atoms with Crippen LogP contribution in [0.25, 0.3) is 0 Å². The Hall–Kier alpha value is -1.02. The molecule has 0 radical (unpaired) electrons. The minimum atomic E-state index is 0. The van der Waals surface area contributed by atoms with E-state index in [0.29, 0.717) is 12.0 Å². The Morgan fingerprint density at radius 1 is 0.950 bits per heavy atom. The Balaban J connectivity index is 0. The molecule has 0 unspecified atom stereocenters. The highest BCUT2D eigenvalue weighted by Gasteiger charge is 2.27. The van der Waals surface area contributed by atoms with Crippen molar-refractivity contribution in [3.63, 3.8) is 0 Å². The Bertz CT molecular complexity index is 358. The molecule has 0 fully saturated rings. The van der Waals surface area contributed by atoms with E-state index < -0.39 is 0 Å². The fourth-order valence-corrected chi connectivity index (χ4v) is 2.59. The van der Waals surface area contributed by atoms with Gasteiger partial charge in [0.1, 0.15) is 12.4 Å². The van der Waals surface area contributed by atoms with Gasteiger partial charge in [-0.25, -0.2) is 0 Å². The highest BCUT2D eigenvalue weighted by molar-refractivity contribution is 5.31. The predicted octanol–water partition coefficient (Wildman–Crippen LogP) is 5.04. The van der Waals surface area contributed by atoms with Crippen molar-refractivity contribution in [1.82, 2.24) is 0 Å². The fourth-order valence-electron chi connectivity index (χ4n) is 2.59. The molecule has 1 aromatic rings. The van der Waals surface area contributed by atoms with E-state index in [9.17, 15) is 0 Å². The van der Waals surface area contributed by atoms with Gasteiger partial charge in [-0.05, 0) is 34.9 Å². The molecule has 2 heteroatoms. The van der Waals surface area contributed by atoms with E-state index in [-0.39, 0.29) is 26.9 Å². The van der Waals surface area contributed by atoms with Gasteiger partial charge in [0, 0.05) is 0 Å². The maximum Gasteiger partial charge on any atom is 0.119 e. The first-order valence-corrected chi connectivity index (χ1v) is 6.59. The Morgan fingerprint density at radius 3 is 1.85 bits per heavy atom. The summed E-state index contributed by atoms with van der Waals surface area (Å²) in [6.45, 7) is 11.8. The molecule has 0 saturated heterocycles. The number of rotatable bonds is 5. The molecule has 0 aliphatic carbocycles. The average molecular weight is 282 g/mol. The van der Waals surface area contributed by atoms with Crippen LogP contribution in [0.3, 0.4) is 0 Å². The summed E-state index contributed by atoms with van der Waals surface area (Å²) in [5.41, 5.74) is 1.80. The van der Waals surface area contributed by atoms with Gasteiger partial charge in [-0.2, -0.15) is 0 Å². The lowest BCUT2D eigenvalue weighted by Crippen LogP contribution is -2.24. The largest absolute Gasteiger partial charge is 0.491 e. The van der Waals surface area contributed by atoms with Crippen LogP contribution in [0.2, 0.25) is 0 Å². The van der Waals surface area contributed by atoms with E-state index in [1.54, 1.807) is 0 Å². The van der Waals surface area contributed by atoms with Gasteiger partial charge in [-0.1, -0.05) is 61.6 Å². The first-order valence-electron chi connectivity index (χ1n) is 6.59. The van der Waals surface area contributed by atoms with E-state index in [4.69, 9.17) is 9.84 Å². The number of hydrogen-bond donors (Lipinski definition) is 1. The zero-order valence-corrected chi connectivity index (χ0v) is 12.3. The van der Waals surface area contributed by atoms with Crippen molar-refractivity contribution < 1.29 is 9.84 Å². The lowest BCUT2D eigenvalue weighted by molar-refractivity contribution is 0.201. The number of ether oxygens (including phenoxy) is 1. The summed E-state index contributed by atoms with van der Waals surface area (Å²) in [5.74, 6) is 0.819. The first-order chi connectivity index (χ1) is 8.24. The summed E-state index contributed by atoms with van der Waals surface area (Å²) >= 11 is 0. The SMILES string of the molecule is C.C.CC(C)(C)CC(C)(C)c1ccc(OCCO)cc1. The van der Waals surface area contributed by atoms with E-state index in [1.807, 2.05) is 12.1 Å². The van der Waals surface area contributed by atoms with Crippen molar-refractivity contribution in [3.8, 4) is 5.75 Å². The fraction of sp³-hybridized carbons (Fsp3) is 0.667. The third kappa shape index (κ3) is 6.95. The lowest BCUT2D eigenvalue weighted by atomic mass is 9.72. The highest BCUT2D eigenvalue weighted by atomic mass is 16.5. The summed E-state index contributed by atoms with van der Waals surface area (Å²) in [4.78, 5) is 0. The molecule has 0 bridgehead atoms. The standard InChI is InChI=1S/C16H26O2.2CH4/c1-15(2,3)12-16(4,5)13-6-8-14(9-7-13)18-11-10-17;;/h6-9,17H,10-12H2,1-5H3;2*1H4. The number of benzene rings is 1. The van der Waals surface area contributed by atoms with Crippen molar-refractivity contribution in [2.75, 3.05) is 13.2 Å². The van der Waals surface area contributed by atoms with Crippen LogP contribution < -0.4 is 4.74 Å². The molecule has 118 valence electrons. The van der Waals surface area contributed by atoms with Gasteiger partial charge in [0.05, 0.1) is 6.61 Å². The molecule has 0 aliphatic rings. The van der Waals surface area contributed by atoms with Gasteiger partial charge in [-0.3, -0.25) is 0 Å². The number of aliphatic hydroxyl groups excluding tert-OH is 1. The molecule has 1 N–H and O–H groups in total. The second-order valence-electron chi connectivity index (χ2n) is 6.72. The van der Waals surface area contributed by atoms with Crippen LogP contribution in [-0.4, -0.2) is 18.3 Å². The zero-order chi connectivity index (χ0) is 13.8. The summed E-state index contributed by atoms with van der Waals surface area (Å²) in [5, 5.41) is 8.71. The van der Waals surface area contributed by atoms with Crippen LogP contribution in [0.4, 0.5) is 0 Å². The molecule has 1 aromatic carbocycles. The Labute approximate surface area is 126 Å². The molecular formula is C18H34O2. The molecule has 0 aliphatic heterocycles. The van der Waals surface area contributed by atoms with Crippen LogP contribution in [0.15, 0.2) is 24.3 Å². The van der Waals surface area contributed by atoms with Crippen LogP contribution in [0, 0.1) is 5.41 Å². The lowest BCUT2D eigenvalue weighted by Gasteiger charge is -2.33. The first kappa shape index (κ1) is 21.3. The molecule has 0 spiro atoms. The number of hydrogen-bond acceptors (Lipinski definition) is 2. The van der Waals surface area contributed by atoms with Gasteiger partial charge in [0.15, 0.2) is 0 Å². The van der Waals surface area contributed by atoms with Gasteiger partial charge >= 0.3 is 0 Å². The summed E-state index contributed by atoms with van der Waals surface area (Å²) in [7, 11) is 0. The van der Waals surface area contributed by atoms with E-state index >= 15 is 0 Å². The molecule has 20 heavy (non-hydrogen) atoms. The topological polar surface area (TPSA) is 29.5 Å². The molecule has 0 heterocycles. The van der Waals surface area contributed by atoms with Crippen LogP contribution in [0.1, 0.15) is 61.5 Å².